The number of fused-ring (bicyclic) bond motifs is 5. The number of ether oxygens (including phenoxy) is 3. The number of nitrogens with zero attached hydrogens (tertiary/aromatic N) is 2. The highest BCUT2D eigenvalue weighted by atomic mass is 16.6. The van der Waals surface area contributed by atoms with Crippen LogP contribution >= 0.6 is 0 Å². The number of nitrogens with one attached hydrogen (secondary N) is 1. The van der Waals surface area contributed by atoms with Gasteiger partial charge in [0.1, 0.15) is 19.8 Å². The van der Waals surface area contributed by atoms with Crippen molar-refractivity contribution in [2.24, 2.45) is 0 Å². The monoisotopic (exact) mass is 447 g/mol. The fourth-order valence-electron chi connectivity index (χ4n) is 4.88. The van der Waals surface area contributed by atoms with Crippen LogP contribution in [0.25, 0.3) is 16.6 Å². The molecule has 4 aliphatic heterocycles. The molecule has 0 aliphatic carbocycles. The predicted octanol–water partition coefficient (Wildman–Crippen LogP) is 2.40. The zero-order chi connectivity index (χ0) is 22.9. The van der Waals surface area contributed by atoms with Crippen LogP contribution in [0, 0.1) is 0 Å². The van der Waals surface area contributed by atoms with E-state index in [-0.39, 0.29) is 6.61 Å². The van der Waals surface area contributed by atoms with Gasteiger partial charge in [-0.1, -0.05) is 20.4 Å². The SMILES string of the molecule is C=C1C2=C(C=C3c4nc5cc6c(cc5c(CNC(C)C)c4CN13)OCCO6)C(O)C(=O)OC2. The first-order valence-corrected chi connectivity index (χ1v) is 11.2. The lowest BCUT2D eigenvalue weighted by Crippen LogP contribution is -2.36. The highest BCUT2D eigenvalue weighted by Crippen LogP contribution is 2.46. The number of hydrogen-bond acceptors (Lipinski definition) is 8. The second-order valence-corrected chi connectivity index (χ2v) is 8.97. The largest absolute Gasteiger partial charge is 0.486 e. The second-order valence-electron chi connectivity index (χ2n) is 8.97. The first kappa shape index (κ1) is 20.3. The van der Waals surface area contributed by atoms with Crippen molar-refractivity contribution in [3.05, 3.63) is 58.5 Å². The molecule has 5 heterocycles. The summed E-state index contributed by atoms with van der Waals surface area (Å²) in [4.78, 5) is 19.1. The molecule has 2 N–H and O–H groups in total. The molecule has 0 amide bonds. The number of aliphatic hydroxyl groups is 1. The maximum Gasteiger partial charge on any atom is 0.340 e. The maximum atomic E-state index is 12.0. The Balaban J connectivity index is 1.55. The molecule has 1 atom stereocenters. The average molecular weight is 447 g/mol. The summed E-state index contributed by atoms with van der Waals surface area (Å²) < 4.78 is 16.8. The number of cyclic esters (lactones) is 1. The van der Waals surface area contributed by atoms with Gasteiger partial charge in [0.05, 0.1) is 23.5 Å². The average Bonchev–Trinajstić information content (AvgIpc) is 3.16. The van der Waals surface area contributed by atoms with Crippen molar-refractivity contribution >= 4 is 22.6 Å². The van der Waals surface area contributed by atoms with E-state index in [1.54, 1.807) is 0 Å². The van der Waals surface area contributed by atoms with Crippen molar-refractivity contribution in [3.8, 4) is 11.5 Å². The number of rotatable bonds is 3. The van der Waals surface area contributed by atoms with E-state index in [4.69, 9.17) is 19.2 Å². The Morgan fingerprint density at radius 3 is 2.76 bits per heavy atom. The van der Waals surface area contributed by atoms with E-state index in [0.717, 1.165) is 50.4 Å². The summed E-state index contributed by atoms with van der Waals surface area (Å²) in [7, 11) is 0. The third kappa shape index (κ3) is 3.05. The van der Waals surface area contributed by atoms with Crippen LogP contribution in [0.2, 0.25) is 0 Å². The van der Waals surface area contributed by atoms with Gasteiger partial charge in [0, 0.05) is 46.4 Å². The van der Waals surface area contributed by atoms with E-state index >= 15 is 0 Å². The Labute approximate surface area is 191 Å². The summed E-state index contributed by atoms with van der Waals surface area (Å²) >= 11 is 0. The van der Waals surface area contributed by atoms with E-state index < -0.39 is 12.1 Å². The Morgan fingerprint density at radius 2 is 2.00 bits per heavy atom. The van der Waals surface area contributed by atoms with Crippen LogP contribution in [-0.2, 0) is 22.6 Å². The molecule has 0 saturated carbocycles. The smallest absolute Gasteiger partial charge is 0.340 e. The molecule has 2 aromatic rings. The first-order valence-electron chi connectivity index (χ1n) is 11.2. The minimum atomic E-state index is -1.32. The summed E-state index contributed by atoms with van der Waals surface area (Å²) in [5.74, 6) is 0.787. The lowest BCUT2D eigenvalue weighted by Gasteiger charge is -2.33. The van der Waals surface area contributed by atoms with Gasteiger partial charge < -0.3 is 29.5 Å². The van der Waals surface area contributed by atoms with E-state index in [2.05, 4.69) is 30.6 Å². The molecule has 170 valence electrons. The molecule has 6 rings (SSSR count). The number of esters is 1. The molecule has 8 heteroatoms. The number of hydrogen-bond donors (Lipinski definition) is 2. The molecule has 1 unspecified atom stereocenters. The third-order valence-corrected chi connectivity index (χ3v) is 6.60. The summed E-state index contributed by atoms with van der Waals surface area (Å²) in [6.07, 6.45) is 0.543. The first-order chi connectivity index (χ1) is 15.9. The topological polar surface area (TPSA) is 93.2 Å². The van der Waals surface area contributed by atoms with Gasteiger partial charge in [-0.15, -0.1) is 0 Å². The van der Waals surface area contributed by atoms with Crippen molar-refractivity contribution in [1.82, 2.24) is 15.2 Å². The zero-order valence-electron chi connectivity index (χ0n) is 18.6. The van der Waals surface area contributed by atoms with Gasteiger partial charge in [-0.25, -0.2) is 9.78 Å². The molecular formula is C25H25N3O5. The summed E-state index contributed by atoms with van der Waals surface area (Å²) in [5.41, 5.74) is 6.75. The number of pyridine rings is 1. The van der Waals surface area contributed by atoms with Gasteiger partial charge >= 0.3 is 5.97 Å². The van der Waals surface area contributed by atoms with Gasteiger partial charge in [-0.05, 0) is 17.7 Å². The van der Waals surface area contributed by atoms with Gasteiger partial charge in [0.2, 0.25) is 0 Å². The number of aliphatic hydroxyl groups excluding tert-OH is 1. The highest BCUT2D eigenvalue weighted by Gasteiger charge is 2.40. The van der Waals surface area contributed by atoms with E-state index in [1.807, 2.05) is 18.2 Å². The molecule has 0 saturated heterocycles. The van der Waals surface area contributed by atoms with Crippen molar-refractivity contribution in [2.75, 3.05) is 19.8 Å². The van der Waals surface area contributed by atoms with E-state index in [1.165, 1.54) is 0 Å². The maximum absolute atomic E-state index is 12.0. The Kier molecular flexibility index (Phi) is 4.50. The fourth-order valence-corrected chi connectivity index (χ4v) is 4.88. The Hall–Kier alpha value is -3.36. The predicted molar refractivity (Wildman–Crippen MR) is 121 cm³/mol. The van der Waals surface area contributed by atoms with E-state index in [9.17, 15) is 9.90 Å². The molecule has 33 heavy (non-hydrogen) atoms. The molecule has 8 nitrogen and oxygen atoms in total. The zero-order valence-corrected chi connectivity index (χ0v) is 18.6. The van der Waals surface area contributed by atoms with Crippen molar-refractivity contribution in [2.45, 2.75) is 39.1 Å². The van der Waals surface area contributed by atoms with Gasteiger partial charge in [-0.2, -0.15) is 0 Å². The molecule has 0 bridgehead atoms. The van der Waals surface area contributed by atoms with Gasteiger partial charge in [-0.3, -0.25) is 0 Å². The molecule has 1 aromatic carbocycles. The quantitative estimate of drug-likeness (QED) is 0.693. The third-order valence-electron chi connectivity index (χ3n) is 6.60. The molecule has 0 spiro atoms. The summed E-state index contributed by atoms with van der Waals surface area (Å²) in [5, 5.41) is 15.0. The van der Waals surface area contributed by atoms with Crippen LogP contribution in [-0.4, -0.2) is 52.9 Å². The normalized spacial score (nSPS) is 21.2. The van der Waals surface area contributed by atoms with Crippen LogP contribution in [0.5, 0.6) is 11.5 Å². The van der Waals surface area contributed by atoms with Crippen molar-refractivity contribution in [1.29, 1.82) is 0 Å². The van der Waals surface area contributed by atoms with Crippen LogP contribution in [0.1, 0.15) is 30.7 Å². The molecule has 0 fully saturated rings. The summed E-state index contributed by atoms with van der Waals surface area (Å²) in [6, 6.07) is 4.27. The molecule has 4 aliphatic rings. The standard InChI is InChI=1S/C25H25N3O5/c1-12(2)26-9-16-14-7-21-22(32-5-4-31-21)8-19(14)27-23-17(16)10-28-13(3)18-11-33-25(30)24(29)15(18)6-20(23)28/h6-8,12,24,26,29H,3-5,9-11H2,1-2H3. The van der Waals surface area contributed by atoms with Crippen LogP contribution in [0.15, 0.2) is 41.6 Å². The van der Waals surface area contributed by atoms with Gasteiger partial charge in [0.15, 0.2) is 17.6 Å². The summed E-state index contributed by atoms with van der Waals surface area (Å²) in [6.45, 7) is 10.9. The van der Waals surface area contributed by atoms with E-state index in [0.29, 0.717) is 43.7 Å². The van der Waals surface area contributed by atoms with Crippen molar-refractivity contribution < 1.29 is 24.1 Å². The number of carbonyl (C=O) groups excluding carboxylic acids is 1. The Morgan fingerprint density at radius 1 is 1.24 bits per heavy atom. The fraction of sp³-hybridized carbons (Fsp3) is 0.360. The second kappa shape index (κ2) is 7.33. The minimum Gasteiger partial charge on any atom is -0.486 e. The lowest BCUT2D eigenvalue weighted by molar-refractivity contribution is -0.151. The Bertz CT molecular complexity index is 1290. The lowest BCUT2D eigenvalue weighted by atomic mass is 9.93. The van der Waals surface area contributed by atoms with Crippen LogP contribution < -0.4 is 14.8 Å². The van der Waals surface area contributed by atoms with Crippen molar-refractivity contribution in [3.63, 3.8) is 0 Å². The molecule has 0 radical (unpaired) electrons. The number of benzene rings is 1. The van der Waals surface area contributed by atoms with Crippen LogP contribution in [0.4, 0.5) is 0 Å². The number of aromatic nitrogens is 1. The highest BCUT2D eigenvalue weighted by molar-refractivity contribution is 5.92. The molecular weight excluding hydrogens is 422 g/mol. The number of carbonyl (C=O) groups is 1. The van der Waals surface area contributed by atoms with Gasteiger partial charge in [0.25, 0.3) is 0 Å². The minimum absolute atomic E-state index is 0.110. The van der Waals surface area contributed by atoms with Crippen LogP contribution in [0.3, 0.4) is 0 Å². The molecule has 1 aromatic heterocycles.